The van der Waals surface area contributed by atoms with Gasteiger partial charge >= 0.3 is 0 Å². The molecule has 1 aliphatic heterocycles. The van der Waals surface area contributed by atoms with Crippen LogP contribution in [-0.2, 0) is 16.6 Å². The lowest BCUT2D eigenvalue weighted by atomic mass is 10.2. The first-order valence-electron chi connectivity index (χ1n) is 8.64. The number of carbonyl (C=O) groups is 2. The lowest BCUT2D eigenvalue weighted by molar-refractivity contribution is 0.0640. The molecule has 3 aromatic rings. The zero-order valence-electron chi connectivity index (χ0n) is 15.2. The molecular weight excluding hydrogens is 433 g/mol. The number of anilines is 1. The second kappa shape index (κ2) is 7.51. The van der Waals surface area contributed by atoms with Gasteiger partial charge in [-0.2, -0.15) is 0 Å². The number of hydrogen-bond donors (Lipinski definition) is 1. The average molecular weight is 446 g/mol. The highest BCUT2D eigenvalue weighted by Crippen LogP contribution is 2.26. The number of nitrogens with zero attached hydrogens (tertiary/aromatic N) is 2. The van der Waals surface area contributed by atoms with Gasteiger partial charge in [-0.15, -0.1) is 0 Å². The number of hydrogen-bond acceptors (Lipinski definition) is 5. The number of nitrogens with one attached hydrogen (secondary N) is 1. The van der Waals surface area contributed by atoms with E-state index in [9.17, 15) is 22.4 Å². The molecule has 0 saturated carbocycles. The van der Waals surface area contributed by atoms with Gasteiger partial charge in [0.2, 0.25) is 0 Å². The first kappa shape index (κ1) is 20.0. The smallest absolute Gasteiger partial charge is 0.278 e. The van der Waals surface area contributed by atoms with Crippen LogP contribution in [0, 0.1) is 5.82 Å². The van der Waals surface area contributed by atoms with Gasteiger partial charge in [-0.3, -0.25) is 24.2 Å². The summed E-state index contributed by atoms with van der Waals surface area (Å²) in [7, 11) is -3.97. The van der Waals surface area contributed by atoms with Gasteiger partial charge in [0.15, 0.2) is 0 Å². The van der Waals surface area contributed by atoms with Crippen molar-refractivity contribution in [2.24, 2.45) is 0 Å². The van der Waals surface area contributed by atoms with Gasteiger partial charge < -0.3 is 0 Å². The third kappa shape index (κ3) is 3.64. The highest BCUT2D eigenvalue weighted by Gasteiger charge is 2.36. The number of pyridine rings is 1. The molecule has 1 N–H and O–H groups in total. The van der Waals surface area contributed by atoms with Gasteiger partial charge in [0.05, 0.1) is 27.7 Å². The molecule has 0 aliphatic carbocycles. The molecule has 0 spiro atoms. The monoisotopic (exact) mass is 445 g/mol. The van der Waals surface area contributed by atoms with Gasteiger partial charge in [-0.05, 0) is 48.0 Å². The maximum atomic E-state index is 13.1. The maximum Gasteiger partial charge on any atom is 0.280 e. The van der Waals surface area contributed by atoms with Gasteiger partial charge in [0.1, 0.15) is 11.5 Å². The molecule has 7 nitrogen and oxygen atoms in total. The highest BCUT2D eigenvalue weighted by molar-refractivity contribution is 7.92. The van der Waals surface area contributed by atoms with Crippen LogP contribution in [0.5, 0.6) is 0 Å². The summed E-state index contributed by atoms with van der Waals surface area (Å²) >= 11 is 5.87. The molecule has 0 atom stereocenters. The number of aromatic nitrogens is 1. The van der Waals surface area contributed by atoms with Crippen molar-refractivity contribution in [1.29, 1.82) is 0 Å². The number of fused-ring (bicyclic) bond motifs is 1. The van der Waals surface area contributed by atoms with Crippen LogP contribution < -0.4 is 4.72 Å². The Kier molecular flexibility index (Phi) is 5.00. The Morgan fingerprint density at radius 2 is 1.77 bits per heavy atom. The predicted molar refractivity (Wildman–Crippen MR) is 107 cm³/mol. The van der Waals surface area contributed by atoms with Crippen molar-refractivity contribution in [1.82, 2.24) is 9.88 Å². The van der Waals surface area contributed by atoms with E-state index < -0.39 is 27.7 Å². The summed E-state index contributed by atoms with van der Waals surface area (Å²) in [5.74, 6) is -1.54. The summed E-state index contributed by atoms with van der Waals surface area (Å²) in [6.45, 7) is -0.0222. The molecule has 2 heterocycles. The molecule has 2 amide bonds. The van der Waals surface area contributed by atoms with E-state index in [1.165, 1.54) is 42.6 Å². The van der Waals surface area contributed by atoms with E-state index in [-0.39, 0.29) is 33.4 Å². The van der Waals surface area contributed by atoms with Crippen LogP contribution in [0.2, 0.25) is 5.02 Å². The molecule has 10 heteroatoms. The first-order valence-corrected chi connectivity index (χ1v) is 10.5. The van der Waals surface area contributed by atoms with Crippen molar-refractivity contribution in [3.05, 3.63) is 88.5 Å². The number of halogens is 2. The molecular formula is C20H13ClFN3O4S. The largest absolute Gasteiger partial charge is 0.280 e. The Hall–Kier alpha value is -3.30. The lowest BCUT2D eigenvalue weighted by Gasteiger charge is -2.14. The third-order valence-electron chi connectivity index (χ3n) is 4.48. The molecule has 30 heavy (non-hydrogen) atoms. The molecule has 0 saturated heterocycles. The topological polar surface area (TPSA) is 96.4 Å². The van der Waals surface area contributed by atoms with Gasteiger partial charge in [0, 0.05) is 6.20 Å². The van der Waals surface area contributed by atoms with Crippen molar-refractivity contribution < 1.29 is 22.4 Å². The second-order valence-corrected chi connectivity index (χ2v) is 8.56. The zero-order chi connectivity index (χ0) is 21.5. The summed E-state index contributed by atoms with van der Waals surface area (Å²) in [5, 5.41) is -0.0746. The fourth-order valence-corrected chi connectivity index (χ4v) is 4.34. The minimum atomic E-state index is -3.97. The predicted octanol–water partition coefficient (Wildman–Crippen LogP) is 3.47. The van der Waals surface area contributed by atoms with Crippen LogP contribution in [0.4, 0.5) is 10.1 Å². The first-order chi connectivity index (χ1) is 14.3. The van der Waals surface area contributed by atoms with Crippen LogP contribution >= 0.6 is 11.6 Å². The Morgan fingerprint density at radius 1 is 1.03 bits per heavy atom. The number of benzene rings is 2. The standard InChI is InChI=1S/C20H13ClFN3O4S/c21-16-10-13(22)5-8-17(16)24-30(28,29)14-6-3-12(4-7-14)11-25-19(26)15-2-1-9-23-18(15)20(25)27/h1-10,24H,11H2. The molecule has 0 fully saturated rings. The summed E-state index contributed by atoms with van der Waals surface area (Å²) in [6, 6.07) is 12.1. The van der Waals surface area contributed by atoms with Crippen LogP contribution in [0.15, 0.2) is 65.7 Å². The van der Waals surface area contributed by atoms with Crippen LogP contribution in [0.3, 0.4) is 0 Å². The Bertz CT molecular complexity index is 1240. The van der Waals surface area contributed by atoms with E-state index in [2.05, 4.69) is 9.71 Å². The van der Waals surface area contributed by atoms with Crippen molar-refractivity contribution >= 4 is 39.1 Å². The van der Waals surface area contributed by atoms with E-state index in [0.29, 0.717) is 5.56 Å². The summed E-state index contributed by atoms with van der Waals surface area (Å²) in [6.07, 6.45) is 1.44. The number of rotatable bonds is 5. The van der Waals surface area contributed by atoms with Gasteiger partial charge in [0.25, 0.3) is 21.8 Å². The van der Waals surface area contributed by atoms with E-state index in [1.807, 2.05) is 0 Å². The number of carbonyl (C=O) groups excluding carboxylic acids is 2. The van der Waals surface area contributed by atoms with Crippen molar-refractivity contribution in [2.45, 2.75) is 11.4 Å². The Morgan fingerprint density at radius 3 is 2.43 bits per heavy atom. The fraction of sp³-hybridized carbons (Fsp3) is 0.0500. The van der Waals surface area contributed by atoms with E-state index in [4.69, 9.17) is 11.6 Å². The molecule has 1 aromatic heterocycles. The molecule has 0 bridgehead atoms. The molecule has 152 valence electrons. The van der Waals surface area contributed by atoms with E-state index in [0.717, 1.165) is 17.0 Å². The zero-order valence-corrected chi connectivity index (χ0v) is 16.7. The van der Waals surface area contributed by atoms with Crippen molar-refractivity contribution in [3.8, 4) is 0 Å². The average Bonchev–Trinajstić information content (AvgIpc) is 2.96. The molecule has 4 rings (SSSR count). The number of amides is 2. The van der Waals surface area contributed by atoms with Crippen LogP contribution in [-0.4, -0.2) is 30.1 Å². The van der Waals surface area contributed by atoms with Gasteiger partial charge in [-0.1, -0.05) is 23.7 Å². The molecule has 1 aliphatic rings. The highest BCUT2D eigenvalue weighted by atomic mass is 35.5. The van der Waals surface area contributed by atoms with Crippen molar-refractivity contribution in [3.63, 3.8) is 0 Å². The lowest BCUT2D eigenvalue weighted by Crippen LogP contribution is -2.29. The normalized spacial score (nSPS) is 13.5. The summed E-state index contributed by atoms with van der Waals surface area (Å²) in [5.41, 5.74) is 0.938. The second-order valence-electron chi connectivity index (χ2n) is 6.47. The molecule has 2 aromatic carbocycles. The SMILES string of the molecule is O=C1c2cccnc2C(=O)N1Cc1ccc(S(=O)(=O)Nc2ccc(F)cc2Cl)cc1. The number of imide groups is 1. The van der Waals surface area contributed by atoms with Gasteiger partial charge in [-0.25, -0.2) is 12.8 Å². The minimum Gasteiger partial charge on any atom is -0.278 e. The fourth-order valence-electron chi connectivity index (χ4n) is 2.99. The maximum absolute atomic E-state index is 13.1. The van der Waals surface area contributed by atoms with Crippen LogP contribution in [0.25, 0.3) is 0 Å². The number of sulfonamides is 1. The van der Waals surface area contributed by atoms with E-state index >= 15 is 0 Å². The summed E-state index contributed by atoms with van der Waals surface area (Å²) < 4.78 is 40.5. The van der Waals surface area contributed by atoms with Crippen molar-refractivity contribution in [2.75, 3.05) is 4.72 Å². The summed E-state index contributed by atoms with van der Waals surface area (Å²) in [4.78, 5) is 29.8. The Labute approximate surface area is 176 Å². The third-order valence-corrected chi connectivity index (χ3v) is 6.17. The molecule has 0 unspecified atom stereocenters. The Balaban J connectivity index is 1.52. The molecule has 0 radical (unpaired) electrons. The van der Waals surface area contributed by atoms with E-state index in [1.54, 1.807) is 6.07 Å². The van der Waals surface area contributed by atoms with Crippen LogP contribution in [0.1, 0.15) is 26.4 Å². The quantitative estimate of drug-likeness (QED) is 0.606. The minimum absolute atomic E-state index is 0.0222.